The molecule has 0 bridgehead atoms. The molecule has 4 heteroatoms. The van der Waals surface area contributed by atoms with Crippen LogP contribution < -0.4 is 0 Å². The summed E-state index contributed by atoms with van der Waals surface area (Å²) in [7, 11) is 0. The molecule has 92 valence electrons. The van der Waals surface area contributed by atoms with Gasteiger partial charge in [0.1, 0.15) is 10.5 Å². The van der Waals surface area contributed by atoms with Gasteiger partial charge in [-0.1, -0.05) is 42.0 Å². The third kappa shape index (κ3) is 2.35. The number of benzene rings is 1. The van der Waals surface area contributed by atoms with Crippen molar-refractivity contribution in [1.29, 1.82) is 0 Å². The molecule has 0 saturated heterocycles. The van der Waals surface area contributed by atoms with Gasteiger partial charge >= 0.3 is 0 Å². The van der Waals surface area contributed by atoms with Crippen molar-refractivity contribution in [3.8, 4) is 0 Å². The largest absolute Gasteiger partial charge is 0.346 e. The Morgan fingerprint density at radius 3 is 2.83 bits per heavy atom. The number of hydrogen-bond acceptors (Lipinski definition) is 3. The summed E-state index contributed by atoms with van der Waals surface area (Å²) < 4.78 is 0.774. The van der Waals surface area contributed by atoms with E-state index < -0.39 is 0 Å². The third-order valence-corrected chi connectivity index (χ3v) is 4.46. The van der Waals surface area contributed by atoms with Crippen LogP contribution in [0.2, 0.25) is 0 Å². The fraction of sp³-hybridized carbons (Fsp3) is 0.286. The fourth-order valence-electron chi connectivity index (χ4n) is 2.11. The molecule has 0 saturated carbocycles. The van der Waals surface area contributed by atoms with Crippen LogP contribution in [0.3, 0.4) is 0 Å². The number of nitrogens with zero attached hydrogens (tertiary/aromatic N) is 1. The van der Waals surface area contributed by atoms with Crippen LogP contribution in [0.25, 0.3) is 0 Å². The average Bonchev–Trinajstić information content (AvgIpc) is 2.81. The minimum atomic E-state index is 0.774. The molecule has 18 heavy (non-hydrogen) atoms. The second-order valence-electron chi connectivity index (χ2n) is 4.60. The molecule has 3 rings (SSSR count). The van der Waals surface area contributed by atoms with Crippen molar-refractivity contribution in [2.45, 2.75) is 24.9 Å². The molecule has 1 aromatic heterocycles. The monoisotopic (exact) mass is 274 g/mol. The summed E-state index contributed by atoms with van der Waals surface area (Å²) in [5.41, 5.74) is 5.04. The van der Waals surface area contributed by atoms with Crippen molar-refractivity contribution in [2.24, 2.45) is 0 Å². The maximum Gasteiger partial charge on any atom is 0.134 e. The Labute approximate surface area is 116 Å². The Kier molecular flexibility index (Phi) is 3.22. The first-order chi connectivity index (χ1) is 8.72. The average molecular weight is 274 g/mol. The highest BCUT2D eigenvalue weighted by Gasteiger charge is 2.15. The Morgan fingerprint density at radius 2 is 2.06 bits per heavy atom. The van der Waals surface area contributed by atoms with E-state index in [9.17, 15) is 0 Å². The lowest BCUT2D eigenvalue weighted by Gasteiger charge is -2.05. The first kappa shape index (κ1) is 11.9. The summed E-state index contributed by atoms with van der Waals surface area (Å²) in [6.45, 7) is 2.10. The lowest BCUT2D eigenvalue weighted by Crippen LogP contribution is -2.02. The third-order valence-electron chi connectivity index (χ3n) is 3.14. The SMILES string of the molecule is Cc1ccc(Cc2nc(=S)c3c([nH]2)CSC3)cc1. The van der Waals surface area contributed by atoms with Gasteiger partial charge in [-0.25, -0.2) is 4.98 Å². The summed E-state index contributed by atoms with van der Waals surface area (Å²) in [6.07, 6.45) is 0.821. The van der Waals surface area contributed by atoms with Crippen LogP contribution in [0.15, 0.2) is 24.3 Å². The second kappa shape index (κ2) is 4.86. The van der Waals surface area contributed by atoms with E-state index in [1.165, 1.54) is 22.4 Å². The van der Waals surface area contributed by atoms with Crippen LogP contribution in [-0.4, -0.2) is 9.97 Å². The number of aromatic amines is 1. The molecule has 1 aliphatic rings. The zero-order valence-electron chi connectivity index (χ0n) is 10.2. The van der Waals surface area contributed by atoms with E-state index in [1.54, 1.807) is 0 Å². The van der Waals surface area contributed by atoms with Gasteiger partial charge in [0.2, 0.25) is 0 Å². The predicted molar refractivity (Wildman–Crippen MR) is 78.4 cm³/mol. The molecular formula is C14H14N2S2. The summed E-state index contributed by atoms with van der Waals surface area (Å²) in [4.78, 5) is 7.94. The van der Waals surface area contributed by atoms with Crippen molar-refractivity contribution in [1.82, 2.24) is 9.97 Å². The molecule has 0 unspecified atom stereocenters. The zero-order valence-corrected chi connectivity index (χ0v) is 11.8. The van der Waals surface area contributed by atoms with Crippen molar-refractivity contribution >= 4 is 24.0 Å². The Morgan fingerprint density at radius 1 is 1.28 bits per heavy atom. The van der Waals surface area contributed by atoms with Crippen LogP contribution >= 0.6 is 24.0 Å². The quantitative estimate of drug-likeness (QED) is 0.845. The van der Waals surface area contributed by atoms with E-state index in [2.05, 4.69) is 41.2 Å². The molecule has 0 spiro atoms. The van der Waals surface area contributed by atoms with Crippen molar-refractivity contribution in [2.75, 3.05) is 0 Å². The van der Waals surface area contributed by atoms with Crippen molar-refractivity contribution in [3.63, 3.8) is 0 Å². The van der Waals surface area contributed by atoms with Gasteiger partial charge in [-0.05, 0) is 12.5 Å². The number of rotatable bonds is 2. The number of thioether (sulfide) groups is 1. The first-order valence-corrected chi connectivity index (χ1v) is 7.53. The smallest absolute Gasteiger partial charge is 0.134 e. The van der Waals surface area contributed by atoms with E-state index >= 15 is 0 Å². The molecular weight excluding hydrogens is 260 g/mol. The van der Waals surface area contributed by atoms with Gasteiger partial charge in [-0.15, -0.1) is 0 Å². The number of H-pyrrole nitrogens is 1. The number of fused-ring (bicyclic) bond motifs is 1. The molecule has 0 aliphatic carbocycles. The summed E-state index contributed by atoms with van der Waals surface area (Å²) in [5.74, 6) is 3.01. The Balaban J connectivity index is 1.92. The van der Waals surface area contributed by atoms with Gasteiger partial charge in [-0.3, -0.25) is 0 Å². The minimum absolute atomic E-state index is 0.774. The maximum atomic E-state index is 5.36. The number of aromatic nitrogens is 2. The number of hydrogen-bond donors (Lipinski definition) is 1. The second-order valence-corrected chi connectivity index (χ2v) is 5.97. The molecule has 0 fully saturated rings. The highest BCUT2D eigenvalue weighted by atomic mass is 32.2. The van der Waals surface area contributed by atoms with Gasteiger partial charge in [-0.2, -0.15) is 11.8 Å². The van der Waals surface area contributed by atoms with Gasteiger partial charge in [0, 0.05) is 29.2 Å². The van der Waals surface area contributed by atoms with Crippen LogP contribution in [0.1, 0.15) is 28.2 Å². The lowest BCUT2D eigenvalue weighted by atomic mass is 10.1. The van der Waals surface area contributed by atoms with Crippen LogP contribution in [-0.2, 0) is 17.9 Å². The molecule has 1 aliphatic heterocycles. The number of nitrogens with one attached hydrogen (secondary N) is 1. The predicted octanol–water partition coefficient (Wildman–Crippen LogP) is 3.79. The van der Waals surface area contributed by atoms with Gasteiger partial charge < -0.3 is 4.98 Å². The van der Waals surface area contributed by atoms with Gasteiger partial charge in [0.05, 0.1) is 0 Å². The first-order valence-electron chi connectivity index (χ1n) is 5.96. The minimum Gasteiger partial charge on any atom is -0.346 e. The van der Waals surface area contributed by atoms with E-state index in [0.717, 1.165) is 28.4 Å². The molecule has 2 nitrogen and oxygen atoms in total. The van der Waals surface area contributed by atoms with E-state index in [0.29, 0.717) is 0 Å². The molecule has 0 atom stereocenters. The van der Waals surface area contributed by atoms with Crippen LogP contribution in [0.4, 0.5) is 0 Å². The van der Waals surface area contributed by atoms with Gasteiger partial charge in [0.15, 0.2) is 0 Å². The van der Waals surface area contributed by atoms with E-state index in [4.69, 9.17) is 12.2 Å². The number of aryl methyl sites for hydroxylation is 1. The molecule has 2 heterocycles. The topological polar surface area (TPSA) is 28.7 Å². The summed E-state index contributed by atoms with van der Waals surface area (Å²) in [6, 6.07) is 8.56. The van der Waals surface area contributed by atoms with E-state index in [-0.39, 0.29) is 0 Å². The highest BCUT2D eigenvalue weighted by molar-refractivity contribution is 7.98. The summed E-state index contributed by atoms with van der Waals surface area (Å²) in [5, 5.41) is 0. The normalized spacial score (nSPS) is 13.6. The van der Waals surface area contributed by atoms with Crippen molar-refractivity contribution in [3.05, 3.63) is 57.1 Å². The molecule has 2 aromatic rings. The molecule has 0 radical (unpaired) electrons. The van der Waals surface area contributed by atoms with E-state index in [1.807, 2.05) is 11.8 Å². The highest BCUT2D eigenvalue weighted by Crippen LogP contribution is 2.28. The molecule has 1 aromatic carbocycles. The van der Waals surface area contributed by atoms with Crippen LogP contribution in [0, 0.1) is 11.6 Å². The van der Waals surface area contributed by atoms with Crippen molar-refractivity contribution < 1.29 is 0 Å². The standard InChI is InChI=1S/C14H14N2S2/c1-9-2-4-10(5-3-9)6-13-15-12-8-18-7-11(12)14(17)16-13/h2-5H,6-8H2,1H3,(H,15,16,17). The fourth-order valence-corrected chi connectivity index (χ4v) is 3.57. The Bertz CT molecular complexity index is 629. The molecule has 0 amide bonds. The summed E-state index contributed by atoms with van der Waals surface area (Å²) >= 11 is 7.25. The maximum absolute atomic E-state index is 5.36. The molecule has 1 N–H and O–H groups in total. The lowest BCUT2D eigenvalue weighted by molar-refractivity contribution is 0.918. The van der Waals surface area contributed by atoms with Crippen LogP contribution in [0.5, 0.6) is 0 Å². The zero-order chi connectivity index (χ0) is 12.5. The van der Waals surface area contributed by atoms with Gasteiger partial charge in [0.25, 0.3) is 0 Å². The Hall–Kier alpha value is -1.13.